The molecule has 1 aromatic heterocycles. The Morgan fingerprint density at radius 1 is 1.33 bits per heavy atom. The lowest BCUT2D eigenvalue weighted by atomic mass is 10.1. The molecule has 0 fully saturated rings. The van der Waals surface area contributed by atoms with Gasteiger partial charge in [-0.1, -0.05) is 0 Å². The van der Waals surface area contributed by atoms with Gasteiger partial charge in [0.05, 0.1) is 19.8 Å². The molecule has 0 aliphatic heterocycles. The molecule has 1 heterocycles. The number of hydrogen-bond donors (Lipinski definition) is 1. The largest absolute Gasteiger partial charge is 0.497 e. The number of methoxy groups -OCH3 is 1. The molecule has 0 atom stereocenters. The van der Waals surface area contributed by atoms with Crippen LogP contribution in [0, 0.1) is 0 Å². The zero-order chi connectivity index (χ0) is 15.2. The Labute approximate surface area is 122 Å². The number of benzene rings is 1. The van der Waals surface area contributed by atoms with Crippen LogP contribution in [-0.4, -0.2) is 32.1 Å². The standard InChI is InChI=1S/C15H17NO5/c1-3-16-14(17)9-21-15(18)6-10-8-20-13-7-11(19-2)4-5-12(10)13/h4-5,7-8H,3,6,9H2,1-2H3,(H,16,17). The van der Waals surface area contributed by atoms with E-state index < -0.39 is 5.97 Å². The van der Waals surface area contributed by atoms with Gasteiger partial charge >= 0.3 is 5.97 Å². The van der Waals surface area contributed by atoms with E-state index in [1.165, 1.54) is 6.26 Å². The fraction of sp³-hybridized carbons (Fsp3) is 0.333. The van der Waals surface area contributed by atoms with Crippen molar-refractivity contribution < 1.29 is 23.5 Å². The Bertz CT molecular complexity index is 647. The van der Waals surface area contributed by atoms with Crippen LogP contribution in [0.2, 0.25) is 0 Å². The zero-order valence-electron chi connectivity index (χ0n) is 12.0. The molecule has 1 amide bonds. The normalized spacial score (nSPS) is 10.4. The minimum absolute atomic E-state index is 0.0543. The Balaban J connectivity index is 1.99. The summed E-state index contributed by atoms with van der Waals surface area (Å²) in [7, 11) is 1.57. The van der Waals surface area contributed by atoms with E-state index in [4.69, 9.17) is 13.9 Å². The van der Waals surface area contributed by atoms with Crippen LogP contribution in [-0.2, 0) is 20.7 Å². The van der Waals surface area contributed by atoms with Gasteiger partial charge in [0.2, 0.25) is 0 Å². The van der Waals surface area contributed by atoms with Crippen molar-refractivity contribution in [3.8, 4) is 5.75 Å². The summed E-state index contributed by atoms with van der Waals surface area (Å²) in [4.78, 5) is 22.9. The number of carbonyl (C=O) groups excluding carboxylic acids is 2. The maximum absolute atomic E-state index is 11.7. The summed E-state index contributed by atoms with van der Waals surface area (Å²) in [6.07, 6.45) is 1.57. The second-order valence-corrected chi connectivity index (χ2v) is 4.41. The number of nitrogens with one attached hydrogen (secondary N) is 1. The molecule has 2 rings (SSSR count). The van der Waals surface area contributed by atoms with Crippen LogP contribution in [0.1, 0.15) is 12.5 Å². The van der Waals surface area contributed by atoms with Gasteiger partial charge in [-0.3, -0.25) is 9.59 Å². The van der Waals surface area contributed by atoms with Crippen molar-refractivity contribution >= 4 is 22.8 Å². The number of amides is 1. The van der Waals surface area contributed by atoms with Crippen molar-refractivity contribution in [3.63, 3.8) is 0 Å². The van der Waals surface area contributed by atoms with Gasteiger partial charge < -0.3 is 19.2 Å². The molecule has 6 nitrogen and oxygen atoms in total. The third-order valence-corrected chi connectivity index (χ3v) is 2.94. The highest BCUT2D eigenvalue weighted by Crippen LogP contribution is 2.25. The molecule has 0 aliphatic carbocycles. The number of carbonyl (C=O) groups is 2. The fourth-order valence-corrected chi connectivity index (χ4v) is 1.93. The molecule has 0 radical (unpaired) electrons. The Kier molecular flexibility index (Phi) is 4.81. The average molecular weight is 291 g/mol. The van der Waals surface area contributed by atoms with Gasteiger partial charge in [0.1, 0.15) is 11.3 Å². The molecule has 0 spiro atoms. The number of likely N-dealkylation sites (N-methyl/N-ethyl adjacent to an activating group) is 1. The van der Waals surface area contributed by atoms with Crippen LogP contribution in [0.25, 0.3) is 11.0 Å². The molecule has 21 heavy (non-hydrogen) atoms. The third-order valence-electron chi connectivity index (χ3n) is 2.94. The summed E-state index contributed by atoms with van der Waals surface area (Å²) in [5.74, 6) is -0.102. The summed E-state index contributed by atoms with van der Waals surface area (Å²) in [6.45, 7) is 2.03. The summed E-state index contributed by atoms with van der Waals surface area (Å²) in [6, 6.07) is 5.37. The van der Waals surface area contributed by atoms with Crippen molar-refractivity contribution in [2.45, 2.75) is 13.3 Å². The SMILES string of the molecule is CCNC(=O)COC(=O)Cc1coc2cc(OC)ccc12. The van der Waals surface area contributed by atoms with Crippen molar-refractivity contribution in [3.05, 3.63) is 30.0 Å². The molecule has 0 bridgehead atoms. The third kappa shape index (κ3) is 3.75. The molecule has 1 aromatic carbocycles. The number of hydrogen-bond acceptors (Lipinski definition) is 5. The minimum Gasteiger partial charge on any atom is -0.497 e. The molecule has 0 saturated heterocycles. The lowest BCUT2D eigenvalue weighted by Gasteiger charge is -2.04. The molecule has 112 valence electrons. The minimum atomic E-state index is -0.472. The van der Waals surface area contributed by atoms with E-state index >= 15 is 0 Å². The quantitative estimate of drug-likeness (QED) is 0.819. The smallest absolute Gasteiger partial charge is 0.310 e. The molecule has 0 unspecified atom stereocenters. The molecule has 2 aromatic rings. The molecule has 0 saturated carbocycles. The van der Waals surface area contributed by atoms with Crippen molar-refractivity contribution in [1.82, 2.24) is 5.32 Å². The lowest BCUT2D eigenvalue weighted by molar-refractivity contribution is -0.147. The number of furan rings is 1. The molecule has 1 N–H and O–H groups in total. The second-order valence-electron chi connectivity index (χ2n) is 4.41. The number of esters is 1. The zero-order valence-corrected chi connectivity index (χ0v) is 12.0. The Morgan fingerprint density at radius 2 is 2.14 bits per heavy atom. The number of ether oxygens (including phenoxy) is 2. The van der Waals surface area contributed by atoms with Gasteiger partial charge in [0.15, 0.2) is 6.61 Å². The first-order valence-electron chi connectivity index (χ1n) is 6.60. The van der Waals surface area contributed by atoms with Crippen molar-refractivity contribution in [2.24, 2.45) is 0 Å². The molecule has 0 aliphatic rings. The molecular formula is C15H17NO5. The summed E-state index contributed by atoms with van der Waals surface area (Å²) >= 11 is 0. The van der Waals surface area contributed by atoms with E-state index in [-0.39, 0.29) is 18.9 Å². The van der Waals surface area contributed by atoms with E-state index in [0.717, 1.165) is 5.39 Å². The lowest BCUT2D eigenvalue weighted by Crippen LogP contribution is -2.28. The predicted molar refractivity (Wildman–Crippen MR) is 76.1 cm³/mol. The molecular weight excluding hydrogens is 274 g/mol. The Morgan fingerprint density at radius 3 is 2.86 bits per heavy atom. The molecule has 6 heteroatoms. The first-order valence-corrected chi connectivity index (χ1v) is 6.60. The monoisotopic (exact) mass is 291 g/mol. The fourth-order valence-electron chi connectivity index (χ4n) is 1.93. The highest BCUT2D eigenvalue weighted by atomic mass is 16.5. The summed E-state index contributed by atoms with van der Waals surface area (Å²) < 4.78 is 15.4. The topological polar surface area (TPSA) is 77.8 Å². The Hall–Kier alpha value is -2.50. The van der Waals surface area contributed by atoms with Gasteiger partial charge in [0, 0.05) is 23.6 Å². The highest BCUT2D eigenvalue weighted by Gasteiger charge is 2.13. The van der Waals surface area contributed by atoms with Gasteiger partial charge in [-0.2, -0.15) is 0 Å². The first-order chi connectivity index (χ1) is 10.1. The average Bonchev–Trinajstić information content (AvgIpc) is 2.87. The van der Waals surface area contributed by atoms with E-state index in [1.807, 2.05) is 6.07 Å². The van der Waals surface area contributed by atoms with Gasteiger partial charge in [-0.25, -0.2) is 0 Å². The van der Waals surface area contributed by atoms with E-state index in [9.17, 15) is 9.59 Å². The highest BCUT2D eigenvalue weighted by molar-refractivity contribution is 5.87. The van der Waals surface area contributed by atoms with E-state index in [2.05, 4.69) is 5.32 Å². The van der Waals surface area contributed by atoms with Crippen LogP contribution in [0.3, 0.4) is 0 Å². The van der Waals surface area contributed by atoms with Crippen molar-refractivity contribution in [1.29, 1.82) is 0 Å². The summed E-state index contributed by atoms with van der Waals surface area (Å²) in [5, 5.41) is 3.38. The van der Waals surface area contributed by atoms with E-state index in [0.29, 0.717) is 23.4 Å². The van der Waals surface area contributed by atoms with E-state index in [1.54, 1.807) is 26.2 Å². The van der Waals surface area contributed by atoms with Gasteiger partial charge in [-0.15, -0.1) is 0 Å². The van der Waals surface area contributed by atoms with Crippen LogP contribution in [0.5, 0.6) is 5.75 Å². The van der Waals surface area contributed by atoms with Crippen LogP contribution in [0.15, 0.2) is 28.9 Å². The van der Waals surface area contributed by atoms with Gasteiger partial charge in [0.25, 0.3) is 5.91 Å². The van der Waals surface area contributed by atoms with Crippen LogP contribution >= 0.6 is 0 Å². The predicted octanol–water partition coefficient (Wildman–Crippen LogP) is 1.66. The van der Waals surface area contributed by atoms with Crippen LogP contribution < -0.4 is 10.1 Å². The van der Waals surface area contributed by atoms with Gasteiger partial charge in [-0.05, 0) is 19.1 Å². The van der Waals surface area contributed by atoms with Crippen molar-refractivity contribution in [2.75, 3.05) is 20.3 Å². The van der Waals surface area contributed by atoms with Crippen LogP contribution in [0.4, 0.5) is 0 Å². The number of rotatable bonds is 6. The second kappa shape index (κ2) is 6.78. The summed E-state index contributed by atoms with van der Waals surface area (Å²) in [5.41, 5.74) is 1.36. The first kappa shape index (κ1) is 14.9. The number of fused-ring (bicyclic) bond motifs is 1. The maximum Gasteiger partial charge on any atom is 0.310 e. The maximum atomic E-state index is 11.7.